The van der Waals surface area contributed by atoms with Crippen LogP contribution in [0.15, 0.2) is 0 Å². The maximum atomic E-state index is 2.34. The van der Waals surface area contributed by atoms with Crippen LogP contribution >= 0.6 is 0 Å². The first-order valence-corrected chi connectivity index (χ1v) is 9.78. The van der Waals surface area contributed by atoms with Crippen molar-refractivity contribution in [2.45, 2.75) is 118 Å². The zero-order valence-electron chi connectivity index (χ0n) is 15.1. The van der Waals surface area contributed by atoms with Crippen LogP contribution in [0.4, 0.5) is 0 Å². The third kappa shape index (κ3) is 11.8. The molecule has 0 aromatic heterocycles. The maximum absolute atomic E-state index is 2.34. The Morgan fingerprint density at radius 3 is 0.850 bits per heavy atom. The molecule has 0 aliphatic heterocycles. The van der Waals surface area contributed by atoms with Crippen LogP contribution in [0.2, 0.25) is 0 Å². The van der Waals surface area contributed by atoms with Crippen LogP contribution < -0.4 is 0 Å². The summed E-state index contributed by atoms with van der Waals surface area (Å²) < 4.78 is 0. The molecular formula is C20H42. The number of hydrogen-bond acceptors (Lipinski definition) is 0. The molecule has 20 heavy (non-hydrogen) atoms. The lowest BCUT2D eigenvalue weighted by atomic mass is 9.85. The summed E-state index contributed by atoms with van der Waals surface area (Å²) in [5.74, 6) is 2.06. The molecule has 122 valence electrons. The van der Waals surface area contributed by atoms with Crippen molar-refractivity contribution in [3.8, 4) is 0 Å². The van der Waals surface area contributed by atoms with Gasteiger partial charge in [-0.2, -0.15) is 0 Å². The van der Waals surface area contributed by atoms with Crippen LogP contribution in [0.25, 0.3) is 0 Å². The normalized spacial score (nSPS) is 11.7. The summed E-state index contributed by atoms with van der Waals surface area (Å²) in [7, 11) is 0. The van der Waals surface area contributed by atoms with E-state index < -0.39 is 0 Å². The minimum absolute atomic E-state index is 1.03. The zero-order chi connectivity index (χ0) is 15.1. The quantitative estimate of drug-likeness (QED) is 0.288. The van der Waals surface area contributed by atoms with E-state index in [1.165, 1.54) is 89.9 Å². The second-order valence-corrected chi connectivity index (χ2v) is 6.88. The highest BCUT2D eigenvalue weighted by atomic mass is 14.2. The van der Waals surface area contributed by atoms with Crippen LogP contribution in [0, 0.1) is 11.8 Å². The highest BCUT2D eigenvalue weighted by Gasteiger charge is 2.13. The summed E-state index contributed by atoms with van der Waals surface area (Å²) in [5, 5.41) is 0. The van der Waals surface area contributed by atoms with Gasteiger partial charge in [-0.3, -0.25) is 0 Å². The average Bonchev–Trinajstić information content (AvgIpc) is 2.48. The number of unbranched alkanes of at least 4 members (excludes halogenated alkanes) is 4. The minimum Gasteiger partial charge on any atom is -0.0654 e. The third-order valence-corrected chi connectivity index (χ3v) is 4.85. The van der Waals surface area contributed by atoms with Gasteiger partial charge in [0.25, 0.3) is 0 Å². The molecule has 0 aliphatic carbocycles. The molecule has 0 spiro atoms. The molecule has 0 aromatic carbocycles. The van der Waals surface area contributed by atoms with Gasteiger partial charge in [0.05, 0.1) is 0 Å². The van der Waals surface area contributed by atoms with E-state index in [4.69, 9.17) is 0 Å². The van der Waals surface area contributed by atoms with Crippen molar-refractivity contribution in [1.82, 2.24) is 0 Å². The molecule has 0 heteroatoms. The largest absolute Gasteiger partial charge is 0.0654 e. The van der Waals surface area contributed by atoms with Crippen molar-refractivity contribution in [3.63, 3.8) is 0 Å². The van der Waals surface area contributed by atoms with Crippen molar-refractivity contribution < 1.29 is 0 Å². The van der Waals surface area contributed by atoms with E-state index in [1.54, 1.807) is 0 Å². The Labute approximate surface area is 130 Å². The van der Waals surface area contributed by atoms with Crippen molar-refractivity contribution in [2.75, 3.05) is 0 Å². The predicted molar refractivity (Wildman–Crippen MR) is 94.3 cm³/mol. The fourth-order valence-electron chi connectivity index (χ4n) is 3.31. The van der Waals surface area contributed by atoms with Gasteiger partial charge < -0.3 is 0 Å². The molecule has 0 fully saturated rings. The summed E-state index contributed by atoms with van der Waals surface area (Å²) in [6.45, 7) is 9.34. The molecule has 0 unspecified atom stereocenters. The highest BCUT2D eigenvalue weighted by Crippen LogP contribution is 2.28. The molecule has 0 radical (unpaired) electrons. The zero-order valence-corrected chi connectivity index (χ0v) is 15.1. The van der Waals surface area contributed by atoms with Gasteiger partial charge in [0.15, 0.2) is 0 Å². The van der Waals surface area contributed by atoms with E-state index in [-0.39, 0.29) is 0 Å². The van der Waals surface area contributed by atoms with Gasteiger partial charge in [-0.25, -0.2) is 0 Å². The summed E-state index contributed by atoms with van der Waals surface area (Å²) >= 11 is 0. The predicted octanol–water partition coefficient (Wildman–Crippen LogP) is 7.76. The molecule has 0 bridgehead atoms. The lowest BCUT2D eigenvalue weighted by Crippen LogP contribution is -2.07. The lowest BCUT2D eigenvalue weighted by Gasteiger charge is -2.21. The Bertz CT molecular complexity index is 137. The Morgan fingerprint density at radius 1 is 0.400 bits per heavy atom. The fraction of sp³-hybridized carbons (Fsp3) is 1.00. The van der Waals surface area contributed by atoms with E-state index in [2.05, 4.69) is 27.7 Å². The van der Waals surface area contributed by atoms with Gasteiger partial charge in [-0.05, 0) is 11.8 Å². The van der Waals surface area contributed by atoms with E-state index in [9.17, 15) is 0 Å². The first-order chi connectivity index (χ1) is 9.78. The first-order valence-electron chi connectivity index (χ1n) is 9.78. The summed E-state index contributed by atoms with van der Waals surface area (Å²) in [6, 6.07) is 0. The van der Waals surface area contributed by atoms with E-state index in [0.717, 1.165) is 11.8 Å². The van der Waals surface area contributed by atoms with Gasteiger partial charge in [-0.1, -0.05) is 118 Å². The van der Waals surface area contributed by atoms with Crippen LogP contribution in [-0.4, -0.2) is 0 Å². The molecular weight excluding hydrogens is 240 g/mol. The van der Waals surface area contributed by atoms with Gasteiger partial charge in [0, 0.05) is 0 Å². The van der Waals surface area contributed by atoms with Crippen molar-refractivity contribution in [2.24, 2.45) is 11.8 Å². The summed E-state index contributed by atoms with van der Waals surface area (Å²) in [4.78, 5) is 0. The highest BCUT2D eigenvalue weighted by molar-refractivity contribution is 4.66. The Balaban J connectivity index is 4.05. The monoisotopic (exact) mass is 282 g/mol. The first kappa shape index (κ1) is 20.0. The van der Waals surface area contributed by atoms with Crippen LogP contribution in [0.3, 0.4) is 0 Å². The molecule has 0 aliphatic rings. The molecule has 0 saturated heterocycles. The molecule has 0 N–H and O–H groups in total. The van der Waals surface area contributed by atoms with Gasteiger partial charge in [-0.15, -0.1) is 0 Å². The van der Waals surface area contributed by atoms with Crippen LogP contribution in [0.1, 0.15) is 118 Å². The Morgan fingerprint density at radius 2 is 0.650 bits per heavy atom. The van der Waals surface area contributed by atoms with Gasteiger partial charge >= 0.3 is 0 Å². The number of hydrogen-bond donors (Lipinski definition) is 0. The standard InChI is InChI=1S/C20H42/c1-5-9-13-19(14-10-6-2)17-18-20(15-11-7-3)16-12-8-4/h19-20H,5-18H2,1-4H3. The van der Waals surface area contributed by atoms with Crippen molar-refractivity contribution in [3.05, 3.63) is 0 Å². The lowest BCUT2D eigenvalue weighted by molar-refractivity contribution is 0.316. The maximum Gasteiger partial charge on any atom is -0.0414 e. The molecule has 0 rings (SSSR count). The summed E-state index contributed by atoms with van der Waals surface area (Å²) in [6.07, 6.45) is 20.3. The van der Waals surface area contributed by atoms with E-state index in [1.807, 2.05) is 0 Å². The van der Waals surface area contributed by atoms with E-state index >= 15 is 0 Å². The minimum atomic E-state index is 1.03. The SMILES string of the molecule is CCCCC(CCCC)CCC(CCCC)CCCC. The van der Waals surface area contributed by atoms with Gasteiger partial charge in [0.2, 0.25) is 0 Å². The summed E-state index contributed by atoms with van der Waals surface area (Å²) in [5.41, 5.74) is 0. The van der Waals surface area contributed by atoms with Crippen LogP contribution in [-0.2, 0) is 0 Å². The topological polar surface area (TPSA) is 0 Å². The third-order valence-electron chi connectivity index (χ3n) is 4.85. The molecule has 0 heterocycles. The smallest absolute Gasteiger partial charge is 0.0414 e. The molecule has 0 saturated carbocycles. The second-order valence-electron chi connectivity index (χ2n) is 6.88. The van der Waals surface area contributed by atoms with Crippen LogP contribution in [0.5, 0.6) is 0 Å². The fourth-order valence-corrected chi connectivity index (χ4v) is 3.31. The molecule has 0 atom stereocenters. The van der Waals surface area contributed by atoms with E-state index in [0.29, 0.717) is 0 Å². The Hall–Kier alpha value is 0. The molecule has 0 nitrogen and oxygen atoms in total. The average molecular weight is 283 g/mol. The number of rotatable bonds is 15. The van der Waals surface area contributed by atoms with Gasteiger partial charge in [0.1, 0.15) is 0 Å². The molecule has 0 amide bonds. The van der Waals surface area contributed by atoms with Crippen molar-refractivity contribution >= 4 is 0 Å². The Kier molecular flexibility index (Phi) is 15.4. The molecule has 0 aromatic rings. The van der Waals surface area contributed by atoms with Crippen molar-refractivity contribution in [1.29, 1.82) is 0 Å². The second kappa shape index (κ2) is 15.4.